The molecule has 1 aromatic heterocycles. The maximum atomic E-state index is 12.5. The summed E-state index contributed by atoms with van der Waals surface area (Å²) in [7, 11) is -3.52. The predicted molar refractivity (Wildman–Crippen MR) is 79.1 cm³/mol. The molecule has 2 aromatic rings. The van der Waals surface area contributed by atoms with E-state index < -0.39 is 10.0 Å². The van der Waals surface area contributed by atoms with Gasteiger partial charge in [0.1, 0.15) is 0 Å². The summed E-state index contributed by atoms with van der Waals surface area (Å²) >= 11 is 0. The highest BCUT2D eigenvalue weighted by atomic mass is 32.2. The topological polar surface area (TPSA) is 92.1 Å². The number of imidazole rings is 1. The maximum absolute atomic E-state index is 12.5. The van der Waals surface area contributed by atoms with Crippen LogP contribution in [0, 0.1) is 5.92 Å². The van der Waals surface area contributed by atoms with Crippen LogP contribution in [0.5, 0.6) is 0 Å². The first-order chi connectivity index (χ1) is 10.1. The third kappa shape index (κ3) is 2.59. The first kappa shape index (κ1) is 14.2. The summed E-state index contributed by atoms with van der Waals surface area (Å²) in [4.78, 5) is 6.46. The molecule has 0 bridgehead atoms. The summed E-state index contributed by atoms with van der Waals surface area (Å²) in [5.74, 6) is 0.263. The minimum Gasteiger partial charge on any atom is -0.335 e. The fourth-order valence-corrected chi connectivity index (χ4v) is 4.29. The number of H-pyrrole nitrogens is 1. The number of hydrogen-bond acceptors (Lipinski definition) is 4. The lowest BCUT2D eigenvalue weighted by atomic mass is 9.89. The van der Waals surface area contributed by atoms with Crippen LogP contribution in [0.4, 0.5) is 0 Å². The van der Waals surface area contributed by atoms with Crippen molar-refractivity contribution in [2.24, 2.45) is 11.7 Å². The molecule has 1 aromatic carbocycles. The molecule has 1 aliphatic heterocycles. The van der Waals surface area contributed by atoms with Crippen LogP contribution >= 0.6 is 0 Å². The maximum Gasteiger partial charge on any atom is 0.260 e. The lowest BCUT2D eigenvalue weighted by Crippen LogP contribution is -2.30. The summed E-state index contributed by atoms with van der Waals surface area (Å²) in [6, 6.07) is 9.94. The van der Waals surface area contributed by atoms with E-state index in [0.717, 1.165) is 5.56 Å². The quantitative estimate of drug-likeness (QED) is 0.873. The van der Waals surface area contributed by atoms with E-state index in [1.54, 1.807) is 0 Å². The Hall–Kier alpha value is -1.70. The smallest absolute Gasteiger partial charge is 0.260 e. The Labute approximate surface area is 124 Å². The standard InChI is InChI=1S/C14H18N4O2S/c15-6-12-8-18(21(19,20)14-7-16-10-17-14)9-13(12)11-4-2-1-3-5-11/h1-5,7,10,12-13H,6,8-9,15H2,(H,16,17)/t12-,13+/m1/s1. The van der Waals surface area contributed by atoms with Gasteiger partial charge in [0.25, 0.3) is 10.0 Å². The minimum atomic E-state index is -3.52. The predicted octanol–water partition coefficient (Wildman–Crippen LogP) is 0.773. The molecule has 21 heavy (non-hydrogen) atoms. The van der Waals surface area contributed by atoms with E-state index in [1.807, 2.05) is 30.3 Å². The van der Waals surface area contributed by atoms with E-state index in [4.69, 9.17) is 5.73 Å². The molecule has 1 fully saturated rings. The van der Waals surface area contributed by atoms with Crippen molar-refractivity contribution in [3.05, 3.63) is 48.4 Å². The lowest BCUT2D eigenvalue weighted by Gasteiger charge is -2.16. The molecule has 0 unspecified atom stereocenters. The SMILES string of the molecule is NC[C@@H]1CN(S(=O)(=O)c2cnc[nH]2)C[C@H]1c1ccccc1. The van der Waals surface area contributed by atoms with E-state index in [9.17, 15) is 8.42 Å². The van der Waals surface area contributed by atoms with Crippen LogP contribution in [0.25, 0.3) is 0 Å². The van der Waals surface area contributed by atoms with Gasteiger partial charge < -0.3 is 10.7 Å². The molecule has 1 saturated heterocycles. The molecule has 2 heterocycles. The molecule has 3 N–H and O–H groups in total. The van der Waals surface area contributed by atoms with E-state index in [-0.39, 0.29) is 16.9 Å². The van der Waals surface area contributed by atoms with Gasteiger partial charge in [-0.3, -0.25) is 0 Å². The molecule has 2 atom stereocenters. The van der Waals surface area contributed by atoms with Gasteiger partial charge in [0, 0.05) is 19.0 Å². The molecule has 3 rings (SSSR count). The molecule has 0 aliphatic carbocycles. The van der Waals surface area contributed by atoms with Crippen molar-refractivity contribution >= 4 is 10.0 Å². The van der Waals surface area contributed by atoms with Gasteiger partial charge in [-0.05, 0) is 18.0 Å². The Bertz CT molecular complexity index is 685. The summed E-state index contributed by atoms with van der Waals surface area (Å²) in [5.41, 5.74) is 6.98. The number of rotatable bonds is 4. The third-order valence-corrected chi connectivity index (χ3v) is 5.79. The molecular formula is C14H18N4O2S. The lowest BCUT2D eigenvalue weighted by molar-refractivity contribution is 0.457. The molecule has 0 radical (unpaired) electrons. The van der Waals surface area contributed by atoms with Crippen molar-refractivity contribution in [2.75, 3.05) is 19.6 Å². The second-order valence-corrected chi connectivity index (χ2v) is 7.16. The zero-order valence-corrected chi connectivity index (χ0v) is 12.3. The number of benzene rings is 1. The van der Waals surface area contributed by atoms with Crippen LogP contribution in [-0.2, 0) is 10.0 Å². The second-order valence-electron chi connectivity index (χ2n) is 5.25. The highest BCUT2D eigenvalue weighted by Crippen LogP contribution is 2.34. The van der Waals surface area contributed by atoms with Crippen LogP contribution in [0.3, 0.4) is 0 Å². The van der Waals surface area contributed by atoms with Crippen molar-refractivity contribution in [3.63, 3.8) is 0 Å². The van der Waals surface area contributed by atoms with Gasteiger partial charge in [-0.1, -0.05) is 30.3 Å². The second kappa shape index (κ2) is 5.59. The number of nitrogens with one attached hydrogen (secondary N) is 1. The Morgan fingerprint density at radius 2 is 2.05 bits per heavy atom. The Morgan fingerprint density at radius 1 is 1.29 bits per heavy atom. The van der Waals surface area contributed by atoms with Crippen LogP contribution in [0.2, 0.25) is 0 Å². The molecule has 6 nitrogen and oxygen atoms in total. The third-order valence-electron chi connectivity index (χ3n) is 4.03. The van der Waals surface area contributed by atoms with Crippen molar-refractivity contribution in [1.29, 1.82) is 0 Å². The number of nitrogens with zero attached hydrogens (tertiary/aromatic N) is 2. The summed E-state index contributed by atoms with van der Waals surface area (Å²) in [6.45, 7) is 1.36. The highest BCUT2D eigenvalue weighted by Gasteiger charge is 2.39. The van der Waals surface area contributed by atoms with Crippen LogP contribution in [0.1, 0.15) is 11.5 Å². The number of aromatic nitrogens is 2. The summed E-state index contributed by atoms with van der Waals surface area (Å²) in [6.07, 6.45) is 2.71. The first-order valence-corrected chi connectivity index (χ1v) is 8.30. The molecule has 0 saturated carbocycles. The summed E-state index contributed by atoms with van der Waals surface area (Å²) in [5, 5.41) is 0.131. The van der Waals surface area contributed by atoms with Crippen molar-refractivity contribution in [1.82, 2.24) is 14.3 Å². The largest absolute Gasteiger partial charge is 0.335 e. The van der Waals surface area contributed by atoms with Crippen LogP contribution in [-0.4, -0.2) is 42.3 Å². The van der Waals surface area contributed by atoms with Crippen molar-refractivity contribution < 1.29 is 8.42 Å². The normalized spacial score (nSPS) is 23.5. The Kier molecular flexibility index (Phi) is 3.79. The van der Waals surface area contributed by atoms with E-state index in [0.29, 0.717) is 19.6 Å². The Balaban J connectivity index is 1.88. The van der Waals surface area contributed by atoms with Gasteiger partial charge in [-0.25, -0.2) is 13.4 Å². The fourth-order valence-electron chi connectivity index (χ4n) is 2.87. The molecule has 112 valence electrons. The molecule has 0 spiro atoms. The molecule has 0 amide bonds. The number of nitrogens with two attached hydrogens (primary N) is 1. The fraction of sp³-hybridized carbons (Fsp3) is 0.357. The average molecular weight is 306 g/mol. The highest BCUT2D eigenvalue weighted by molar-refractivity contribution is 7.89. The number of aromatic amines is 1. The van der Waals surface area contributed by atoms with Crippen LogP contribution < -0.4 is 5.73 Å². The van der Waals surface area contributed by atoms with Gasteiger partial charge in [-0.15, -0.1) is 0 Å². The summed E-state index contributed by atoms with van der Waals surface area (Å²) < 4.78 is 26.6. The monoisotopic (exact) mass is 306 g/mol. The first-order valence-electron chi connectivity index (χ1n) is 6.86. The van der Waals surface area contributed by atoms with Crippen molar-refractivity contribution in [3.8, 4) is 0 Å². The number of sulfonamides is 1. The van der Waals surface area contributed by atoms with E-state index in [1.165, 1.54) is 16.8 Å². The van der Waals surface area contributed by atoms with E-state index in [2.05, 4.69) is 9.97 Å². The molecular weight excluding hydrogens is 288 g/mol. The van der Waals surface area contributed by atoms with Gasteiger partial charge >= 0.3 is 0 Å². The zero-order chi connectivity index (χ0) is 14.9. The van der Waals surface area contributed by atoms with Crippen LogP contribution in [0.15, 0.2) is 47.9 Å². The zero-order valence-electron chi connectivity index (χ0n) is 11.5. The molecule has 1 aliphatic rings. The van der Waals surface area contributed by atoms with Gasteiger partial charge in [0.15, 0.2) is 5.03 Å². The van der Waals surface area contributed by atoms with Gasteiger partial charge in [0.2, 0.25) is 0 Å². The van der Waals surface area contributed by atoms with Gasteiger partial charge in [-0.2, -0.15) is 4.31 Å². The number of hydrogen-bond donors (Lipinski definition) is 2. The minimum absolute atomic E-state index is 0.130. The molecule has 7 heteroatoms. The van der Waals surface area contributed by atoms with E-state index >= 15 is 0 Å². The van der Waals surface area contributed by atoms with Gasteiger partial charge in [0.05, 0.1) is 12.5 Å². The Morgan fingerprint density at radius 3 is 2.67 bits per heavy atom. The average Bonchev–Trinajstić information content (AvgIpc) is 3.18. The van der Waals surface area contributed by atoms with Crippen molar-refractivity contribution in [2.45, 2.75) is 10.9 Å².